The average Bonchev–Trinajstić information content (AvgIpc) is 2.53. The highest BCUT2D eigenvalue weighted by atomic mass is 19.2. The zero-order chi connectivity index (χ0) is 17.2. The standard InChI is InChI=1S/C14H17F3N2O4/c1-22-6-7-23-8-11(20)18-4-5-19-14(21)9-2-3-10(15)13(17)12(9)16/h2-3H,4-8H2,1H3,(H,18,20)(H,19,21). The molecule has 0 spiro atoms. The van der Waals surface area contributed by atoms with E-state index in [4.69, 9.17) is 9.47 Å². The highest BCUT2D eigenvalue weighted by molar-refractivity contribution is 5.94. The van der Waals surface area contributed by atoms with Gasteiger partial charge in [0.25, 0.3) is 5.91 Å². The van der Waals surface area contributed by atoms with Gasteiger partial charge in [0, 0.05) is 20.2 Å². The van der Waals surface area contributed by atoms with Crippen LogP contribution in [0.15, 0.2) is 12.1 Å². The molecule has 0 saturated carbocycles. The Bertz CT molecular complexity index is 555. The molecule has 2 N–H and O–H groups in total. The fourth-order valence-electron chi connectivity index (χ4n) is 1.53. The second kappa shape index (κ2) is 9.80. The first-order chi connectivity index (χ1) is 11.0. The molecular weight excluding hydrogens is 317 g/mol. The molecule has 0 aliphatic heterocycles. The Balaban J connectivity index is 2.29. The maximum Gasteiger partial charge on any atom is 0.254 e. The number of hydrogen-bond donors (Lipinski definition) is 2. The van der Waals surface area contributed by atoms with Crippen molar-refractivity contribution in [1.82, 2.24) is 10.6 Å². The zero-order valence-corrected chi connectivity index (χ0v) is 12.5. The van der Waals surface area contributed by atoms with Crippen LogP contribution in [-0.2, 0) is 14.3 Å². The quantitative estimate of drug-likeness (QED) is 0.513. The SMILES string of the molecule is COCCOCC(=O)NCCNC(=O)c1ccc(F)c(F)c1F. The molecule has 0 aromatic heterocycles. The Labute approximate surface area is 130 Å². The molecule has 0 fully saturated rings. The maximum absolute atomic E-state index is 13.4. The largest absolute Gasteiger partial charge is 0.382 e. The minimum absolute atomic E-state index is 0.0128. The van der Waals surface area contributed by atoms with Gasteiger partial charge in [0.1, 0.15) is 6.61 Å². The molecule has 9 heteroatoms. The molecule has 0 radical (unpaired) electrons. The molecule has 0 heterocycles. The highest BCUT2D eigenvalue weighted by Crippen LogP contribution is 2.14. The van der Waals surface area contributed by atoms with Gasteiger partial charge in [-0.05, 0) is 12.1 Å². The second-order valence-electron chi connectivity index (χ2n) is 4.37. The summed E-state index contributed by atoms with van der Waals surface area (Å²) in [5.74, 6) is -5.95. The Morgan fingerprint density at radius 3 is 2.43 bits per heavy atom. The van der Waals surface area contributed by atoms with Crippen LogP contribution in [0.5, 0.6) is 0 Å². The number of nitrogens with one attached hydrogen (secondary N) is 2. The summed E-state index contributed by atoms with van der Waals surface area (Å²) < 4.78 is 48.8. The van der Waals surface area contributed by atoms with Crippen LogP contribution in [0.4, 0.5) is 13.2 Å². The predicted octanol–water partition coefficient (Wildman–Crippen LogP) is 0.613. The summed E-state index contributed by atoms with van der Waals surface area (Å²) in [5.41, 5.74) is -0.613. The third-order valence-electron chi connectivity index (χ3n) is 2.68. The number of methoxy groups -OCH3 is 1. The molecule has 0 unspecified atom stereocenters. The summed E-state index contributed by atoms with van der Waals surface area (Å²) in [4.78, 5) is 22.9. The molecule has 0 saturated heterocycles. The normalized spacial score (nSPS) is 10.4. The van der Waals surface area contributed by atoms with E-state index in [9.17, 15) is 22.8 Å². The Kier molecular flexibility index (Phi) is 8.06. The van der Waals surface area contributed by atoms with Crippen molar-refractivity contribution in [3.63, 3.8) is 0 Å². The number of carbonyl (C=O) groups is 2. The molecule has 1 rings (SSSR count). The van der Waals surface area contributed by atoms with Gasteiger partial charge in [-0.1, -0.05) is 0 Å². The van der Waals surface area contributed by atoms with E-state index in [1.807, 2.05) is 0 Å². The fourth-order valence-corrected chi connectivity index (χ4v) is 1.53. The van der Waals surface area contributed by atoms with E-state index in [1.54, 1.807) is 0 Å². The summed E-state index contributed by atoms with van der Waals surface area (Å²) in [6.45, 7) is 0.541. The van der Waals surface area contributed by atoms with Crippen molar-refractivity contribution < 1.29 is 32.2 Å². The lowest BCUT2D eigenvalue weighted by molar-refractivity contribution is -0.126. The highest BCUT2D eigenvalue weighted by Gasteiger charge is 2.18. The van der Waals surface area contributed by atoms with Crippen molar-refractivity contribution in [2.24, 2.45) is 0 Å². The number of halogens is 3. The first-order valence-corrected chi connectivity index (χ1v) is 6.72. The summed E-state index contributed by atoms with van der Waals surface area (Å²) in [6, 6.07) is 1.50. The van der Waals surface area contributed by atoms with Crippen LogP contribution in [0.1, 0.15) is 10.4 Å². The van der Waals surface area contributed by atoms with Crippen molar-refractivity contribution in [1.29, 1.82) is 0 Å². The number of benzene rings is 1. The van der Waals surface area contributed by atoms with Crippen LogP contribution in [0.25, 0.3) is 0 Å². The van der Waals surface area contributed by atoms with Crippen LogP contribution in [0, 0.1) is 17.5 Å². The molecule has 0 bridgehead atoms. The second-order valence-corrected chi connectivity index (χ2v) is 4.37. The van der Waals surface area contributed by atoms with Crippen molar-refractivity contribution in [3.8, 4) is 0 Å². The van der Waals surface area contributed by atoms with Crippen LogP contribution < -0.4 is 10.6 Å². The predicted molar refractivity (Wildman–Crippen MR) is 74.4 cm³/mol. The van der Waals surface area contributed by atoms with Gasteiger partial charge in [0.15, 0.2) is 17.5 Å². The average molecular weight is 334 g/mol. The van der Waals surface area contributed by atoms with Crippen molar-refractivity contribution in [3.05, 3.63) is 35.1 Å². The molecule has 1 aromatic rings. The number of ether oxygens (including phenoxy) is 2. The summed E-state index contributed by atoms with van der Waals surface area (Å²) in [5, 5.41) is 4.73. The molecule has 0 aliphatic carbocycles. The molecule has 2 amide bonds. The summed E-state index contributed by atoms with van der Waals surface area (Å²) >= 11 is 0. The van der Waals surface area contributed by atoms with Crippen LogP contribution in [-0.4, -0.2) is 51.8 Å². The smallest absolute Gasteiger partial charge is 0.254 e. The fraction of sp³-hybridized carbons (Fsp3) is 0.429. The van der Waals surface area contributed by atoms with Crippen molar-refractivity contribution in [2.75, 3.05) is 40.0 Å². The Morgan fingerprint density at radius 2 is 1.74 bits per heavy atom. The Morgan fingerprint density at radius 1 is 1.04 bits per heavy atom. The van der Waals surface area contributed by atoms with Crippen LogP contribution in [0.3, 0.4) is 0 Å². The van der Waals surface area contributed by atoms with Gasteiger partial charge < -0.3 is 20.1 Å². The van der Waals surface area contributed by atoms with Gasteiger partial charge in [-0.2, -0.15) is 0 Å². The Hall–Kier alpha value is -2.13. The molecule has 1 aromatic carbocycles. The monoisotopic (exact) mass is 334 g/mol. The molecule has 0 atom stereocenters. The molecule has 6 nitrogen and oxygen atoms in total. The zero-order valence-electron chi connectivity index (χ0n) is 12.5. The van der Waals surface area contributed by atoms with Gasteiger partial charge in [-0.3, -0.25) is 9.59 Å². The third-order valence-corrected chi connectivity index (χ3v) is 2.68. The topological polar surface area (TPSA) is 76.7 Å². The maximum atomic E-state index is 13.4. The minimum atomic E-state index is -1.71. The van der Waals surface area contributed by atoms with E-state index in [0.29, 0.717) is 12.7 Å². The van der Waals surface area contributed by atoms with Crippen LogP contribution >= 0.6 is 0 Å². The van der Waals surface area contributed by atoms with E-state index in [2.05, 4.69) is 10.6 Å². The van der Waals surface area contributed by atoms with Gasteiger partial charge in [0.2, 0.25) is 5.91 Å². The van der Waals surface area contributed by atoms with E-state index < -0.39 is 34.8 Å². The minimum Gasteiger partial charge on any atom is -0.382 e. The van der Waals surface area contributed by atoms with E-state index in [-0.39, 0.29) is 26.3 Å². The lowest BCUT2D eigenvalue weighted by atomic mass is 10.2. The molecule has 0 aliphatic rings. The molecule has 23 heavy (non-hydrogen) atoms. The summed E-state index contributed by atoms with van der Waals surface area (Å²) in [6.07, 6.45) is 0. The van der Waals surface area contributed by atoms with Crippen molar-refractivity contribution in [2.45, 2.75) is 0 Å². The number of rotatable bonds is 9. The third kappa shape index (κ3) is 6.25. The molecular formula is C14H17F3N2O4. The number of amides is 2. The number of carbonyl (C=O) groups excluding carboxylic acids is 2. The lowest BCUT2D eigenvalue weighted by Gasteiger charge is -2.08. The van der Waals surface area contributed by atoms with E-state index >= 15 is 0 Å². The van der Waals surface area contributed by atoms with Crippen molar-refractivity contribution >= 4 is 11.8 Å². The molecule has 128 valence electrons. The lowest BCUT2D eigenvalue weighted by Crippen LogP contribution is -2.36. The van der Waals surface area contributed by atoms with Gasteiger partial charge >= 0.3 is 0 Å². The van der Waals surface area contributed by atoms with Crippen LogP contribution in [0.2, 0.25) is 0 Å². The first kappa shape index (κ1) is 18.9. The summed E-state index contributed by atoms with van der Waals surface area (Å²) in [7, 11) is 1.50. The van der Waals surface area contributed by atoms with E-state index in [0.717, 1.165) is 6.07 Å². The number of hydrogen-bond acceptors (Lipinski definition) is 4. The van der Waals surface area contributed by atoms with E-state index in [1.165, 1.54) is 7.11 Å². The van der Waals surface area contributed by atoms with Gasteiger partial charge in [0.05, 0.1) is 18.8 Å². The van der Waals surface area contributed by atoms with Gasteiger partial charge in [-0.25, -0.2) is 13.2 Å². The first-order valence-electron chi connectivity index (χ1n) is 6.72. The van der Waals surface area contributed by atoms with Gasteiger partial charge in [-0.15, -0.1) is 0 Å².